The molecule has 1 fully saturated rings. The second-order valence-corrected chi connectivity index (χ2v) is 22.2. The number of hydrogen-bond acceptors (Lipinski definition) is 15. The number of likely N-dealkylation sites (tertiary alicyclic amines) is 1. The van der Waals surface area contributed by atoms with Crippen molar-refractivity contribution in [3.63, 3.8) is 0 Å². The SMILES string of the molecule is CC[C@H](C)[C@H](N)C(=O)N[C@@H](CC(N)=O)C(=O)N1CCC[C@H]1C(=O)N[C@H](C(=O)N[C@@H](Cc1ccc(O)cc1)C(=O)N[C@@H](CCCN=C(N)N)C(=O)N[C@H](CC(C)C)C(=O)N[C@@H](CCCN=C(N)N)C(=O)N[C@@H](Cc1ccc(O)cc1)C(N)=O)[C@@H](C)CC. The Bertz CT molecular complexity index is 2680. The number of nitrogens with one attached hydrogen (secondary N) is 7. The fourth-order valence-corrected chi connectivity index (χ4v) is 9.40. The number of aliphatic imine (C=N–C) groups is 2. The van der Waals surface area contributed by atoms with E-state index in [1.807, 2.05) is 6.92 Å². The van der Waals surface area contributed by atoms with Gasteiger partial charge in [-0.25, -0.2) is 0 Å². The van der Waals surface area contributed by atoms with Crippen LogP contribution in [0.3, 0.4) is 0 Å². The molecular formula is C57H91N17O12. The van der Waals surface area contributed by atoms with E-state index in [1.54, 1.807) is 46.8 Å². The van der Waals surface area contributed by atoms with Crippen LogP contribution < -0.4 is 77.4 Å². The highest BCUT2D eigenvalue weighted by Gasteiger charge is 2.41. The first kappa shape index (κ1) is 71.5. The maximum atomic E-state index is 14.8. The summed E-state index contributed by atoms with van der Waals surface area (Å²) >= 11 is 0. The topological polar surface area (TPSA) is 505 Å². The molecule has 0 unspecified atom stereocenters. The Balaban J connectivity index is 1.98. The second kappa shape index (κ2) is 35.5. The van der Waals surface area contributed by atoms with Crippen molar-refractivity contribution in [1.29, 1.82) is 0 Å². The average molecular weight is 1210 g/mol. The van der Waals surface area contributed by atoms with Gasteiger partial charge in [-0.15, -0.1) is 0 Å². The number of carbonyl (C=O) groups is 10. The van der Waals surface area contributed by atoms with Gasteiger partial charge in [0.15, 0.2) is 11.9 Å². The molecule has 2 aromatic rings. The molecule has 0 bridgehead atoms. The predicted molar refractivity (Wildman–Crippen MR) is 321 cm³/mol. The van der Waals surface area contributed by atoms with Gasteiger partial charge in [-0.2, -0.15) is 0 Å². The van der Waals surface area contributed by atoms with Crippen LogP contribution in [0.2, 0.25) is 0 Å². The highest BCUT2D eigenvalue weighted by atomic mass is 16.3. The molecule has 1 saturated heterocycles. The lowest BCUT2D eigenvalue weighted by molar-refractivity contribution is -0.143. The highest BCUT2D eigenvalue weighted by molar-refractivity contribution is 5.99. The predicted octanol–water partition coefficient (Wildman–Crippen LogP) is -2.80. The fourth-order valence-electron chi connectivity index (χ4n) is 9.40. The van der Waals surface area contributed by atoms with Crippen LogP contribution in [0.5, 0.6) is 11.5 Å². The molecule has 29 heteroatoms. The zero-order valence-electron chi connectivity index (χ0n) is 50.0. The van der Waals surface area contributed by atoms with E-state index in [2.05, 4.69) is 47.2 Å². The molecule has 1 heterocycles. The maximum absolute atomic E-state index is 14.8. The minimum atomic E-state index is -1.47. The first-order valence-corrected chi connectivity index (χ1v) is 29.0. The van der Waals surface area contributed by atoms with Crippen molar-refractivity contribution < 1.29 is 58.2 Å². The smallest absolute Gasteiger partial charge is 0.246 e. The Morgan fingerprint density at radius 3 is 1.44 bits per heavy atom. The third-order valence-corrected chi connectivity index (χ3v) is 14.8. The first-order valence-electron chi connectivity index (χ1n) is 29.0. The van der Waals surface area contributed by atoms with Gasteiger partial charge in [0.1, 0.15) is 59.8 Å². The lowest BCUT2D eigenvalue weighted by Gasteiger charge is -2.32. The molecule has 0 radical (unpaired) electrons. The number of hydrogen-bond donors (Lipinski definition) is 16. The number of guanidine groups is 2. The molecule has 0 saturated carbocycles. The summed E-state index contributed by atoms with van der Waals surface area (Å²) in [5, 5.41) is 38.7. The summed E-state index contributed by atoms with van der Waals surface area (Å²) in [6, 6.07) is -0.0792. The number of nitrogens with zero attached hydrogens (tertiary/aromatic N) is 3. The Hall–Kier alpha value is -8.76. The monoisotopic (exact) mass is 1210 g/mol. The molecule has 3 rings (SSSR count). The minimum absolute atomic E-state index is 0.00832. The molecule has 476 valence electrons. The van der Waals surface area contributed by atoms with E-state index in [-0.39, 0.29) is 106 Å². The lowest BCUT2D eigenvalue weighted by atomic mass is 9.96. The molecule has 86 heavy (non-hydrogen) atoms. The van der Waals surface area contributed by atoms with Gasteiger partial charge in [-0.3, -0.25) is 57.9 Å². The summed E-state index contributed by atoms with van der Waals surface area (Å²) in [4.78, 5) is 148. The van der Waals surface area contributed by atoms with Crippen LogP contribution in [0.1, 0.15) is 117 Å². The Morgan fingerprint density at radius 1 is 0.558 bits per heavy atom. The average Bonchev–Trinajstić information content (AvgIpc) is 2.58. The van der Waals surface area contributed by atoms with E-state index in [1.165, 1.54) is 41.3 Å². The van der Waals surface area contributed by atoms with Gasteiger partial charge < -0.3 is 92.5 Å². The van der Waals surface area contributed by atoms with Gasteiger partial charge in [0.25, 0.3) is 0 Å². The number of benzene rings is 2. The van der Waals surface area contributed by atoms with Gasteiger partial charge in [0, 0.05) is 32.5 Å². The van der Waals surface area contributed by atoms with Crippen LogP contribution in [0.4, 0.5) is 0 Å². The van der Waals surface area contributed by atoms with Crippen LogP contribution in [-0.2, 0) is 60.8 Å². The summed E-state index contributed by atoms with van der Waals surface area (Å²) in [5.74, 6) is -9.77. The third kappa shape index (κ3) is 24.1. The molecule has 0 spiro atoms. The van der Waals surface area contributed by atoms with Crippen LogP contribution in [0.15, 0.2) is 58.5 Å². The number of carbonyl (C=O) groups excluding carboxylic acids is 10. The van der Waals surface area contributed by atoms with E-state index in [9.17, 15) is 58.2 Å². The van der Waals surface area contributed by atoms with Gasteiger partial charge in [0.2, 0.25) is 59.1 Å². The number of rotatable bonds is 36. The van der Waals surface area contributed by atoms with E-state index >= 15 is 0 Å². The minimum Gasteiger partial charge on any atom is -0.508 e. The standard InChI is InChI=1S/C57H91N17O12/c1-7-31(5)45(59)53(84)72-42(29-44(58)77)55(86)74-25-11-14-43(74)52(83)73-46(32(6)8-2)54(85)71-41(28-34-17-21-36(76)22-18-34)51(82)68-38(13-10-24-66-57(63)64)49(80)70-40(26-30(3)4)50(81)67-37(12-9-23-65-56(61)62)48(79)69-39(47(60)78)27-33-15-19-35(75)20-16-33/h15-22,30-32,37-43,45-46,75-76H,7-14,23-29,59H2,1-6H3,(H2,58,77)(H2,60,78)(H,67,81)(H,68,82)(H,69,79)(H,70,80)(H,71,85)(H,72,84)(H,73,83)(H4,61,62,65)(H4,63,64,66)/t31-,32-,37-,38-,39-,40+,41-,42-,43-,45-,46-/m0/s1. The molecule has 2 aromatic carbocycles. The van der Waals surface area contributed by atoms with Crippen molar-refractivity contribution in [2.24, 2.45) is 67.9 Å². The molecule has 1 aliphatic rings. The van der Waals surface area contributed by atoms with Gasteiger partial charge >= 0.3 is 0 Å². The summed E-state index contributed by atoms with van der Waals surface area (Å²) in [6.45, 7) is 10.8. The molecule has 11 atom stereocenters. The molecular weight excluding hydrogens is 1110 g/mol. The normalized spacial score (nSPS) is 16.4. The summed E-state index contributed by atoms with van der Waals surface area (Å²) in [6.07, 6.45) is 0.695. The van der Waals surface area contributed by atoms with E-state index < -0.39 is 126 Å². The maximum Gasteiger partial charge on any atom is 0.246 e. The van der Waals surface area contributed by atoms with Gasteiger partial charge in [0.05, 0.1) is 12.5 Å². The Kier molecular flexibility index (Phi) is 29.5. The molecule has 0 aromatic heterocycles. The van der Waals surface area contributed by atoms with Crippen LogP contribution in [0.25, 0.3) is 0 Å². The zero-order valence-corrected chi connectivity index (χ0v) is 50.0. The van der Waals surface area contributed by atoms with E-state index in [0.717, 1.165) is 0 Å². The number of phenolic OH excluding ortho intramolecular Hbond substituents is 2. The Morgan fingerprint density at radius 2 is 0.988 bits per heavy atom. The van der Waals surface area contributed by atoms with Crippen molar-refractivity contribution in [3.05, 3.63) is 59.7 Å². The van der Waals surface area contributed by atoms with Gasteiger partial charge in [-0.05, 0) is 98.1 Å². The molecule has 29 nitrogen and oxygen atoms in total. The number of phenols is 2. The van der Waals surface area contributed by atoms with Gasteiger partial charge in [-0.1, -0.05) is 78.6 Å². The Labute approximate surface area is 501 Å². The molecule has 10 amide bonds. The van der Waals surface area contributed by atoms with Crippen LogP contribution in [-0.4, -0.2) is 160 Å². The lowest BCUT2D eigenvalue weighted by Crippen LogP contribution is -2.61. The van der Waals surface area contributed by atoms with Crippen LogP contribution >= 0.6 is 0 Å². The largest absolute Gasteiger partial charge is 0.508 e. The third-order valence-electron chi connectivity index (χ3n) is 14.8. The quantitative estimate of drug-likeness (QED) is 0.0186. The number of primary amides is 2. The van der Waals surface area contributed by atoms with Crippen molar-refractivity contribution in [1.82, 2.24) is 42.1 Å². The van der Waals surface area contributed by atoms with E-state index in [4.69, 9.17) is 40.1 Å². The second-order valence-electron chi connectivity index (χ2n) is 22.2. The zero-order chi connectivity index (χ0) is 64.4. The number of amides is 10. The summed E-state index contributed by atoms with van der Waals surface area (Å²) in [5.41, 5.74) is 40.5. The van der Waals surface area contributed by atoms with Crippen molar-refractivity contribution >= 4 is 71.0 Å². The first-order chi connectivity index (χ1) is 40.5. The summed E-state index contributed by atoms with van der Waals surface area (Å²) in [7, 11) is 0. The van der Waals surface area contributed by atoms with Crippen molar-refractivity contribution in [2.75, 3.05) is 19.6 Å². The summed E-state index contributed by atoms with van der Waals surface area (Å²) < 4.78 is 0. The molecule has 23 N–H and O–H groups in total. The van der Waals surface area contributed by atoms with Crippen LogP contribution in [0, 0.1) is 17.8 Å². The number of aromatic hydroxyl groups is 2. The van der Waals surface area contributed by atoms with Crippen molar-refractivity contribution in [2.45, 2.75) is 173 Å². The number of nitrogens with two attached hydrogens (primary N) is 7. The fraction of sp³-hybridized carbons (Fsp3) is 0.579. The highest BCUT2D eigenvalue weighted by Crippen LogP contribution is 2.22. The molecule has 1 aliphatic heterocycles. The molecule has 0 aliphatic carbocycles. The van der Waals surface area contributed by atoms with Crippen molar-refractivity contribution in [3.8, 4) is 11.5 Å². The van der Waals surface area contributed by atoms with E-state index in [0.29, 0.717) is 30.4 Å².